The van der Waals surface area contributed by atoms with Gasteiger partial charge in [0.25, 0.3) is 0 Å². The van der Waals surface area contributed by atoms with Crippen LogP contribution in [-0.4, -0.2) is 53.0 Å². The molecule has 3 rings (SSSR count). The number of nitrogens with zero attached hydrogens (tertiary/aromatic N) is 4. The highest BCUT2D eigenvalue weighted by Gasteiger charge is 2.29. The minimum absolute atomic E-state index is 0.552. The zero-order valence-corrected chi connectivity index (χ0v) is 12.5. The van der Waals surface area contributed by atoms with E-state index in [4.69, 9.17) is 4.74 Å². The molecule has 1 aliphatic heterocycles. The molecule has 1 aromatic heterocycles. The van der Waals surface area contributed by atoms with Gasteiger partial charge in [0.05, 0.1) is 12.6 Å². The van der Waals surface area contributed by atoms with Crippen molar-refractivity contribution in [3.63, 3.8) is 0 Å². The van der Waals surface area contributed by atoms with E-state index in [-0.39, 0.29) is 0 Å². The third-order valence-electron chi connectivity index (χ3n) is 4.77. The first kappa shape index (κ1) is 14.0. The minimum Gasteiger partial charge on any atom is -0.383 e. The fourth-order valence-corrected chi connectivity index (χ4v) is 3.63. The van der Waals surface area contributed by atoms with Crippen molar-refractivity contribution in [1.82, 2.24) is 19.7 Å². The molecule has 2 fully saturated rings. The molecule has 1 atom stereocenters. The van der Waals surface area contributed by atoms with Crippen LogP contribution >= 0.6 is 0 Å². The van der Waals surface area contributed by atoms with Crippen molar-refractivity contribution < 1.29 is 4.74 Å². The Bertz CT molecular complexity index is 414. The van der Waals surface area contributed by atoms with Crippen LogP contribution in [0.15, 0.2) is 6.33 Å². The number of likely N-dealkylation sites (tertiary alicyclic amines) is 1. The average Bonchev–Trinajstić information content (AvgIpc) is 3.14. The maximum atomic E-state index is 5.17. The highest BCUT2D eigenvalue weighted by molar-refractivity contribution is 5.02. The van der Waals surface area contributed by atoms with Crippen molar-refractivity contribution in [2.75, 3.05) is 33.4 Å². The number of ether oxygens (including phenoxy) is 1. The zero-order chi connectivity index (χ0) is 13.8. The summed E-state index contributed by atoms with van der Waals surface area (Å²) in [7, 11) is 1.77. The SMILES string of the molecule is COCCN1CCC(c2ncnn2C2CCCCC2)C1. The molecular formula is C15H26N4O. The van der Waals surface area contributed by atoms with Crippen LogP contribution in [0.2, 0.25) is 0 Å². The highest BCUT2D eigenvalue weighted by atomic mass is 16.5. The number of hydrogen-bond acceptors (Lipinski definition) is 4. The van der Waals surface area contributed by atoms with E-state index in [1.54, 1.807) is 13.4 Å². The lowest BCUT2D eigenvalue weighted by atomic mass is 9.95. The molecule has 2 aliphatic rings. The lowest BCUT2D eigenvalue weighted by Crippen LogP contribution is -2.25. The van der Waals surface area contributed by atoms with Crippen molar-refractivity contribution >= 4 is 0 Å². The third-order valence-corrected chi connectivity index (χ3v) is 4.77. The van der Waals surface area contributed by atoms with Crippen molar-refractivity contribution in [2.24, 2.45) is 0 Å². The maximum Gasteiger partial charge on any atom is 0.138 e. The summed E-state index contributed by atoms with van der Waals surface area (Å²) >= 11 is 0. The molecule has 5 heteroatoms. The molecule has 1 saturated heterocycles. The van der Waals surface area contributed by atoms with Crippen LogP contribution in [0.1, 0.15) is 56.3 Å². The number of aromatic nitrogens is 3. The predicted octanol–water partition coefficient (Wildman–Crippen LogP) is 2.22. The van der Waals surface area contributed by atoms with Gasteiger partial charge in [-0.05, 0) is 25.8 Å². The van der Waals surface area contributed by atoms with Gasteiger partial charge in [0, 0.05) is 26.1 Å². The molecule has 1 saturated carbocycles. The van der Waals surface area contributed by atoms with Gasteiger partial charge in [0.1, 0.15) is 12.2 Å². The van der Waals surface area contributed by atoms with Gasteiger partial charge in [-0.1, -0.05) is 19.3 Å². The van der Waals surface area contributed by atoms with E-state index < -0.39 is 0 Å². The summed E-state index contributed by atoms with van der Waals surface area (Å²) in [6, 6.07) is 0.592. The fraction of sp³-hybridized carbons (Fsp3) is 0.867. The van der Waals surface area contributed by atoms with E-state index in [0.717, 1.165) is 26.2 Å². The summed E-state index contributed by atoms with van der Waals surface area (Å²) in [5.74, 6) is 1.77. The van der Waals surface area contributed by atoms with E-state index in [2.05, 4.69) is 19.7 Å². The van der Waals surface area contributed by atoms with Crippen LogP contribution in [0.5, 0.6) is 0 Å². The number of rotatable bonds is 5. The lowest BCUT2D eigenvalue weighted by Gasteiger charge is -2.24. The molecular weight excluding hydrogens is 252 g/mol. The molecule has 1 unspecified atom stereocenters. The number of hydrogen-bond donors (Lipinski definition) is 0. The van der Waals surface area contributed by atoms with Gasteiger partial charge in [-0.25, -0.2) is 9.67 Å². The normalized spacial score (nSPS) is 25.4. The van der Waals surface area contributed by atoms with Gasteiger partial charge in [0.15, 0.2) is 0 Å². The van der Waals surface area contributed by atoms with Gasteiger partial charge in [-0.2, -0.15) is 5.10 Å². The summed E-state index contributed by atoms with van der Waals surface area (Å²) in [6.07, 6.45) is 9.57. The van der Waals surface area contributed by atoms with E-state index in [0.29, 0.717) is 12.0 Å². The highest BCUT2D eigenvalue weighted by Crippen LogP contribution is 2.32. The fourth-order valence-electron chi connectivity index (χ4n) is 3.63. The molecule has 0 bridgehead atoms. The summed E-state index contributed by atoms with van der Waals surface area (Å²) in [5, 5.41) is 4.53. The van der Waals surface area contributed by atoms with Gasteiger partial charge in [-0.3, -0.25) is 0 Å². The molecule has 1 aromatic rings. The predicted molar refractivity (Wildman–Crippen MR) is 77.8 cm³/mol. The molecule has 2 heterocycles. The van der Waals surface area contributed by atoms with Gasteiger partial charge in [-0.15, -0.1) is 0 Å². The Morgan fingerprint density at radius 3 is 2.90 bits per heavy atom. The summed E-state index contributed by atoms with van der Waals surface area (Å²) < 4.78 is 7.41. The molecule has 0 amide bonds. The van der Waals surface area contributed by atoms with E-state index >= 15 is 0 Å². The first-order valence-corrected chi connectivity index (χ1v) is 7.99. The average molecular weight is 278 g/mol. The Morgan fingerprint density at radius 1 is 1.25 bits per heavy atom. The van der Waals surface area contributed by atoms with Crippen LogP contribution in [0.3, 0.4) is 0 Å². The van der Waals surface area contributed by atoms with Gasteiger partial charge >= 0.3 is 0 Å². The Labute approximate surface area is 121 Å². The van der Waals surface area contributed by atoms with Crippen LogP contribution in [0.4, 0.5) is 0 Å². The molecule has 0 radical (unpaired) electrons. The third kappa shape index (κ3) is 3.04. The zero-order valence-electron chi connectivity index (χ0n) is 12.5. The monoisotopic (exact) mass is 278 g/mol. The largest absolute Gasteiger partial charge is 0.383 e. The van der Waals surface area contributed by atoms with E-state index in [1.807, 2.05) is 0 Å². The maximum absolute atomic E-state index is 5.17. The summed E-state index contributed by atoms with van der Waals surface area (Å²) in [5.41, 5.74) is 0. The molecule has 5 nitrogen and oxygen atoms in total. The van der Waals surface area contributed by atoms with Crippen molar-refractivity contribution in [3.05, 3.63) is 12.2 Å². The van der Waals surface area contributed by atoms with E-state index in [9.17, 15) is 0 Å². The molecule has 0 spiro atoms. The van der Waals surface area contributed by atoms with Crippen molar-refractivity contribution in [3.8, 4) is 0 Å². The smallest absolute Gasteiger partial charge is 0.138 e. The Balaban J connectivity index is 1.64. The first-order chi connectivity index (χ1) is 9.88. The Hall–Kier alpha value is -0.940. The second-order valence-corrected chi connectivity index (χ2v) is 6.13. The molecule has 0 N–H and O–H groups in total. The van der Waals surface area contributed by atoms with E-state index in [1.165, 1.54) is 44.3 Å². The number of methoxy groups -OCH3 is 1. The molecule has 0 aromatic carbocycles. The van der Waals surface area contributed by atoms with Gasteiger partial charge in [0.2, 0.25) is 0 Å². The van der Waals surface area contributed by atoms with Crippen LogP contribution in [0, 0.1) is 0 Å². The summed E-state index contributed by atoms with van der Waals surface area (Å²) in [4.78, 5) is 7.06. The minimum atomic E-state index is 0.552. The second-order valence-electron chi connectivity index (χ2n) is 6.13. The quantitative estimate of drug-likeness (QED) is 0.828. The lowest BCUT2D eigenvalue weighted by molar-refractivity contribution is 0.160. The van der Waals surface area contributed by atoms with Crippen LogP contribution < -0.4 is 0 Å². The summed E-state index contributed by atoms with van der Waals surface area (Å²) in [6.45, 7) is 4.12. The Morgan fingerprint density at radius 2 is 2.10 bits per heavy atom. The molecule has 20 heavy (non-hydrogen) atoms. The van der Waals surface area contributed by atoms with Crippen molar-refractivity contribution in [1.29, 1.82) is 0 Å². The standard InChI is InChI=1S/C15H26N4O/c1-20-10-9-18-8-7-13(11-18)15-16-12-17-19(15)14-5-3-2-4-6-14/h12-14H,2-11H2,1H3. The van der Waals surface area contributed by atoms with Crippen LogP contribution in [0.25, 0.3) is 0 Å². The van der Waals surface area contributed by atoms with Crippen molar-refractivity contribution in [2.45, 2.75) is 50.5 Å². The second kappa shape index (κ2) is 6.68. The van der Waals surface area contributed by atoms with Crippen LogP contribution in [-0.2, 0) is 4.74 Å². The van der Waals surface area contributed by atoms with Gasteiger partial charge < -0.3 is 9.64 Å². The Kier molecular flexibility index (Phi) is 4.68. The molecule has 112 valence electrons. The topological polar surface area (TPSA) is 43.2 Å². The molecule has 1 aliphatic carbocycles. The first-order valence-electron chi connectivity index (χ1n) is 7.99.